The number of hydrogen-bond acceptors (Lipinski definition) is 3. The number of nitrogens with one attached hydrogen (secondary N) is 1. The molecule has 17 heavy (non-hydrogen) atoms. The first-order chi connectivity index (χ1) is 8.00. The Balaban J connectivity index is 1.99. The molecule has 3 atom stereocenters. The summed E-state index contributed by atoms with van der Waals surface area (Å²) in [7, 11) is 0. The summed E-state index contributed by atoms with van der Waals surface area (Å²) in [6.45, 7) is 13.2. The summed E-state index contributed by atoms with van der Waals surface area (Å²) in [6, 6.07) is 1.38. The lowest BCUT2D eigenvalue weighted by Crippen LogP contribution is -2.59. The maximum absolute atomic E-state index is 3.63. The Morgan fingerprint density at radius 1 is 1.47 bits per heavy atom. The minimum Gasteiger partial charge on any atom is -0.311 e. The summed E-state index contributed by atoms with van der Waals surface area (Å²) in [5, 5.41) is 3.63. The zero-order valence-electron chi connectivity index (χ0n) is 11.8. The predicted molar refractivity (Wildman–Crippen MR) is 77.8 cm³/mol. The van der Waals surface area contributed by atoms with Gasteiger partial charge in [-0.05, 0) is 38.4 Å². The zero-order valence-corrected chi connectivity index (χ0v) is 12.6. The van der Waals surface area contributed by atoms with Crippen molar-refractivity contribution < 1.29 is 0 Å². The van der Waals surface area contributed by atoms with Crippen LogP contribution in [0, 0.1) is 5.92 Å². The number of thioether (sulfide) groups is 1. The van der Waals surface area contributed by atoms with Gasteiger partial charge in [-0.2, -0.15) is 11.8 Å². The second-order valence-corrected chi connectivity index (χ2v) is 8.13. The van der Waals surface area contributed by atoms with Gasteiger partial charge < -0.3 is 5.32 Å². The molecule has 2 rings (SSSR count). The number of rotatable bonds is 3. The van der Waals surface area contributed by atoms with Crippen molar-refractivity contribution in [2.45, 2.75) is 57.4 Å². The Morgan fingerprint density at radius 3 is 2.82 bits per heavy atom. The molecule has 2 nitrogen and oxygen atoms in total. The van der Waals surface area contributed by atoms with Gasteiger partial charge in [0.15, 0.2) is 0 Å². The average molecular weight is 256 g/mol. The van der Waals surface area contributed by atoms with E-state index >= 15 is 0 Å². The molecule has 3 unspecified atom stereocenters. The first-order valence-corrected chi connectivity index (χ1v) is 8.10. The molecule has 100 valence electrons. The van der Waals surface area contributed by atoms with Gasteiger partial charge in [0, 0.05) is 36.5 Å². The van der Waals surface area contributed by atoms with E-state index in [1.165, 1.54) is 38.2 Å². The van der Waals surface area contributed by atoms with Gasteiger partial charge in [-0.15, -0.1) is 0 Å². The highest BCUT2D eigenvalue weighted by Crippen LogP contribution is 2.39. The molecule has 0 radical (unpaired) electrons. The minimum atomic E-state index is 0.518. The highest BCUT2D eigenvalue weighted by atomic mass is 32.2. The molecule has 2 fully saturated rings. The van der Waals surface area contributed by atoms with Crippen LogP contribution in [0.15, 0.2) is 0 Å². The van der Waals surface area contributed by atoms with Gasteiger partial charge in [0.05, 0.1) is 0 Å². The lowest BCUT2D eigenvalue weighted by Gasteiger charge is -2.44. The average Bonchev–Trinajstić information content (AvgIpc) is 2.64. The molecule has 1 N–H and O–H groups in total. The fourth-order valence-corrected chi connectivity index (χ4v) is 4.56. The number of piperazine rings is 1. The summed E-state index contributed by atoms with van der Waals surface area (Å²) in [5.74, 6) is 2.12. The van der Waals surface area contributed by atoms with Crippen LogP contribution in [0.4, 0.5) is 0 Å². The third-order valence-corrected chi connectivity index (χ3v) is 5.78. The quantitative estimate of drug-likeness (QED) is 0.835. The molecule has 0 aromatic rings. The maximum atomic E-state index is 3.63. The van der Waals surface area contributed by atoms with Crippen LogP contribution in [0.1, 0.15) is 40.5 Å². The summed E-state index contributed by atoms with van der Waals surface area (Å²) in [6.07, 6.45) is 2.82. The molecule has 0 saturated carbocycles. The van der Waals surface area contributed by atoms with Crippen molar-refractivity contribution in [3.8, 4) is 0 Å². The number of hydrogen-bond donors (Lipinski definition) is 1. The van der Waals surface area contributed by atoms with E-state index in [1.54, 1.807) is 0 Å². The number of nitrogens with zero attached hydrogens (tertiary/aromatic N) is 1. The topological polar surface area (TPSA) is 15.3 Å². The smallest absolute Gasteiger partial charge is 0.0259 e. The van der Waals surface area contributed by atoms with Crippen LogP contribution in [0.3, 0.4) is 0 Å². The van der Waals surface area contributed by atoms with E-state index in [1.807, 2.05) is 0 Å². The second kappa shape index (κ2) is 5.50. The van der Waals surface area contributed by atoms with Crippen molar-refractivity contribution in [2.75, 3.05) is 25.4 Å². The van der Waals surface area contributed by atoms with Crippen molar-refractivity contribution in [1.29, 1.82) is 0 Å². The van der Waals surface area contributed by atoms with Gasteiger partial charge >= 0.3 is 0 Å². The summed E-state index contributed by atoms with van der Waals surface area (Å²) < 4.78 is 0.518. The Labute approximate surface area is 111 Å². The van der Waals surface area contributed by atoms with Crippen LogP contribution in [-0.2, 0) is 0 Å². The SMILES string of the molecule is CC1CN(CC2(C)CCCS2)C(C(C)C)CN1. The molecule has 2 heterocycles. The van der Waals surface area contributed by atoms with Gasteiger partial charge in [0.25, 0.3) is 0 Å². The van der Waals surface area contributed by atoms with Crippen molar-refractivity contribution >= 4 is 11.8 Å². The van der Waals surface area contributed by atoms with Crippen LogP contribution in [0.2, 0.25) is 0 Å². The van der Waals surface area contributed by atoms with Gasteiger partial charge in [-0.3, -0.25) is 4.90 Å². The molecule has 0 aromatic carbocycles. The first kappa shape index (κ1) is 13.7. The van der Waals surface area contributed by atoms with Crippen molar-refractivity contribution in [1.82, 2.24) is 10.2 Å². The zero-order chi connectivity index (χ0) is 12.5. The minimum absolute atomic E-state index is 0.518. The van der Waals surface area contributed by atoms with Gasteiger partial charge in [0.2, 0.25) is 0 Å². The van der Waals surface area contributed by atoms with Crippen LogP contribution in [0.5, 0.6) is 0 Å². The monoisotopic (exact) mass is 256 g/mol. The molecule has 2 aliphatic heterocycles. The molecule has 3 heteroatoms. The lowest BCUT2D eigenvalue weighted by atomic mass is 9.96. The highest BCUT2D eigenvalue weighted by molar-refractivity contribution is 8.00. The molecule has 2 saturated heterocycles. The van der Waals surface area contributed by atoms with Crippen LogP contribution in [-0.4, -0.2) is 47.1 Å². The summed E-state index contributed by atoms with van der Waals surface area (Å²) in [4.78, 5) is 2.75. The van der Waals surface area contributed by atoms with E-state index in [9.17, 15) is 0 Å². The first-order valence-electron chi connectivity index (χ1n) is 7.11. The van der Waals surface area contributed by atoms with E-state index in [0.717, 1.165) is 12.0 Å². The van der Waals surface area contributed by atoms with Crippen LogP contribution >= 0.6 is 11.8 Å². The highest BCUT2D eigenvalue weighted by Gasteiger charge is 2.36. The molecule has 0 amide bonds. The Morgan fingerprint density at radius 2 is 2.24 bits per heavy atom. The van der Waals surface area contributed by atoms with Crippen molar-refractivity contribution in [2.24, 2.45) is 5.92 Å². The Bertz CT molecular complexity index is 249. The van der Waals surface area contributed by atoms with E-state index in [4.69, 9.17) is 0 Å². The van der Waals surface area contributed by atoms with Crippen molar-refractivity contribution in [3.05, 3.63) is 0 Å². The molecule has 0 aliphatic carbocycles. The predicted octanol–water partition coefficient (Wildman–Crippen LogP) is 2.59. The van der Waals surface area contributed by atoms with Gasteiger partial charge in [0.1, 0.15) is 0 Å². The summed E-state index contributed by atoms with van der Waals surface area (Å²) >= 11 is 2.19. The molecule has 0 aromatic heterocycles. The lowest BCUT2D eigenvalue weighted by molar-refractivity contribution is 0.0933. The van der Waals surface area contributed by atoms with Gasteiger partial charge in [-0.1, -0.05) is 13.8 Å². The Hall–Kier alpha value is 0.270. The summed E-state index contributed by atoms with van der Waals surface area (Å²) in [5.41, 5.74) is 0. The molecule has 2 aliphatic rings. The molecule has 0 spiro atoms. The largest absolute Gasteiger partial charge is 0.311 e. The van der Waals surface area contributed by atoms with Gasteiger partial charge in [-0.25, -0.2) is 0 Å². The Kier molecular flexibility index (Phi) is 4.43. The normalized spacial score (nSPS) is 40.1. The third-order valence-electron chi connectivity index (χ3n) is 4.26. The van der Waals surface area contributed by atoms with Crippen LogP contribution in [0.25, 0.3) is 0 Å². The fraction of sp³-hybridized carbons (Fsp3) is 1.00. The molecule has 0 bridgehead atoms. The van der Waals surface area contributed by atoms with E-state index in [2.05, 4.69) is 49.7 Å². The van der Waals surface area contributed by atoms with Crippen molar-refractivity contribution in [3.63, 3.8) is 0 Å². The van der Waals surface area contributed by atoms with E-state index < -0.39 is 0 Å². The molecular formula is C14H28N2S. The molecular weight excluding hydrogens is 228 g/mol. The maximum Gasteiger partial charge on any atom is 0.0259 e. The second-order valence-electron chi connectivity index (χ2n) is 6.45. The fourth-order valence-electron chi connectivity index (χ4n) is 3.23. The van der Waals surface area contributed by atoms with Crippen LogP contribution < -0.4 is 5.32 Å². The third kappa shape index (κ3) is 3.39. The van der Waals surface area contributed by atoms with E-state index in [-0.39, 0.29) is 0 Å². The standard InChI is InChI=1S/C14H28N2S/c1-11(2)13-8-15-12(3)9-16(13)10-14(4)6-5-7-17-14/h11-13,15H,5-10H2,1-4H3. The van der Waals surface area contributed by atoms with E-state index in [0.29, 0.717) is 10.8 Å².